The molecular weight excluding hydrogens is 422 g/mol. The van der Waals surface area contributed by atoms with Gasteiger partial charge in [-0.25, -0.2) is 8.42 Å². The number of nitrogens with zero attached hydrogens (tertiary/aromatic N) is 2. The van der Waals surface area contributed by atoms with Crippen molar-refractivity contribution in [1.82, 2.24) is 9.21 Å². The van der Waals surface area contributed by atoms with Crippen molar-refractivity contribution in [2.75, 3.05) is 31.5 Å². The van der Waals surface area contributed by atoms with E-state index < -0.39 is 16.1 Å². The molecule has 1 fully saturated rings. The first-order chi connectivity index (χ1) is 14.7. The van der Waals surface area contributed by atoms with E-state index in [0.717, 1.165) is 0 Å². The Kier molecular flexibility index (Phi) is 6.81. The van der Waals surface area contributed by atoms with Gasteiger partial charge < -0.3 is 20.1 Å². The Balaban J connectivity index is 1.58. The van der Waals surface area contributed by atoms with Crippen LogP contribution >= 0.6 is 0 Å². The van der Waals surface area contributed by atoms with Gasteiger partial charge in [-0.15, -0.1) is 0 Å². The minimum atomic E-state index is -3.70. The highest BCUT2D eigenvalue weighted by molar-refractivity contribution is 7.89. The highest BCUT2D eigenvalue weighted by Crippen LogP contribution is 2.21. The summed E-state index contributed by atoms with van der Waals surface area (Å²) in [4.78, 5) is 25.5. The first-order valence-electron chi connectivity index (χ1n) is 9.79. The molecule has 10 heteroatoms. The van der Waals surface area contributed by atoms with E-state index in [0.29, 0.717) is 11.4 Å². The molecule has 0 aliphatic carbocycles. The molecule has 0 saturated carbocycles. The Morgan fingerprint density at radius 3 is 2.13 bits per heavy atom. The minimum Gasteiger partial charge on any atom is -0.508 e. The summed E-state index contributed by atoms with van der Waals surface area (Å²) < 4.78 is 32.7. The Hall–Kier alpha value is -3.11. The number of phenolic OH excluding ortho intramolecular Hbond substituents is 1. The molecule has 0 aromatic heterocycles. The van der Waals surface area contributed by atoms with Crippen LogP contribution in [0.15, 0.2) is 53.4 Å². The van der Waals surface area contributed by atoms with Gasteiger partial charge in [-0.2, -0.15) is 4.31 Å². The second kappa shape index (κ2) is 9.36. The van der Waals surface area contributed by atoms with Crippen LogP contribution in [0.4, 0.5) is 5.69 Å². The van der Waals surface area contributed by atoms with Gasteiger partial charge >= 0.3 is 0 Å². The maximum absolute atomic E-state index is 12.9. The largest absolute Gasteiger partial charge is 0.508 e. The van der Waals surface area contributed by atoms with Gasteiger partial charge in [-0.05, 0) is 55.5 Å². The van der Waals surface area contributed by atoms with Crippen molar-refractivity contribution in [3.05, 3.63) is 48.5 Å². The van der Waals surface area contributed by atoms with E-state index in [1.54, 1.807) is 24.0 Å². The van der Waals surface area contributed by atoms with E-state index in [1.165, 1.54) is 47.6 Å². The molecule has 1 saturated heterocycles. The fourth-order valence-corrected chi connectivity index (χ4v) is 4.67. The fourth-order valence-electron chi connectivity index (χ4n) is 3.25. The van der Waals surface area contributed by atoms with Crippen LogP contribution in [0.2, 0.25) is 0 Å². The standard InChI is InChI=1S/C21H25N3O6S/c1-15(30-19-7-5-18(26)6-8-19)21(27)23-11-13-24(14-12-23)31(28,29)20-9-3-17(4-10-20)22-16(2)25/h3-10,15,26H,11-14H2,1-2H3,(H,22,25). The first kappa shape index (κ1) is 22.6. The summed E-state index contributed by atoms with van der Waals surface area (Å²) in [7, 11) is -3.70. The van der Waals surface area contributed by atoms with Gasteiger partial charge in [0.1, 0.15) is 11.5 Å². The highest BCUT2D eigenvalue weighted by atomic mass is 32.2. The number of hydrogen-bond acceptors (Lipinski definition) is 6. The second-order valence-electron chi connectivity index (χ2n) is 7.19. The third kappa shape index (κ3) is 5.53. The van der Waals surface area contributed by atoms with Crippen LogP contribution in [0.1, 0.15) is 13.8 Å². The average molecular weight is 448 g/mol. The normalized spacial score (nSPS) is 15.9. The lowest BCUT2D eigenvalue weighted by Crippen LogP contribution is -2.53. The molecular formula is C21H25N3O6S. The summed E-state index contributed by atoms with van der Waals surface area (Å²) in [5.41, 5.74) is 0.518. The number of carbonyl (C=O) groups is 2. The number of anilines is 1. The van der Waals surface area contributed by atoms with Gasteiger partial charge in [0.05, 0.1) is 4.90 Å². The summed E-state index contributed by atoms with van der Waals surface area (Å²) >= 11 is 0. The van der Waals surface area contributed by atoms with Crippen molar-refractivity contribution in [2.45, 2.75) is 24.8 Å². The summed E-state index contributed by atoms with van der Waals surface area (Å²) in [5, 5.41) is 11.9. The molecule has 0 bridgehead atoms. The Bertz CT molecular complexity index is 1030. The molecule has 1 aliphatic rings. The van der Waals surface area contributed by atoms with Crippen LogP contribution in [0, 0.1) is 0 Å². The number of phenols is 1. The Labute approximate surface area is 181 Å². The van der Waals surface area contributed by atoms with E-state index in [4.69, 9.17) is 4.74 Å². The zero-order valence-electron chi connectivity index (χ0n) is 17.3. The lowest BCUT2D eigenvalue weighted by molar-refractivity contribution is -0.139. The SMILES string of the molecule is CC(=O)Nc1ccc(S(=O)(=O)N2CCN(C(=O)C(C)Oc3ccc(O)cc3)CC2)cc1. The predicted molar refractivity (Wildman–Crippen MR) is 114 cm³/mol. The number of ether oxygens (including phenoxy) is 1. The topological polar surface area (TPSA) is 116 Å². The number of hydrogen-bond donors (Lipinski definition) is 2. The number of rotatable bonds is 6. The summed E-state index contributed by atoms with van der Waals surface area (Å²) in [6, 6.07) is 12.1. The molecule has 166 valence electrons. The zero-order chi connectivity index (χ0) is 22.6. The Morgan fingerprint density at radius 2 is 1.58 bits per heavy atom. The first-order valence-corrected chi connectivity index (χ1v) is 11.2. The average Bonchev–Trinajstić information content (AvgIpc) is 2.75. The van der Waals surface area contributed by atoms with Gasteiger partial charge in [0.2, 0.25) is 15.9 Å². The van der Waals surface area contributed by atoms with E-state index in [1.807, 2.05) is 0 Å². The van der Waals surface area contributed by atoms with E-state index >= 15 is 0 Å². The number of carbonyl (C=O) groups excluding carboxylic acids is 2. The van der Waals surface area contributed by atoms with E-state index in [9.17, 15) is 23.1 Å². The predicted octanol–water partition coefficient (Wildman–Crippen LogP) is 1.65. The number of amides is 2. The van der Waals surface area contributed by atoms with Crippen molar-refractivity contribution in [3.63, 3.8) is 0 Å². The van der Waals surface area contributed by atoms with Crippen LogP contribution in [-0.2, 0) is 19.6 Å². The molecule has 1 unspecified atom stereocenters. The maximum atomic E-state index is 12.9. The zero-order valence-corrected chi connectivity index (χ0v) is 18.1. The molecule has 2 aromatic carbocycles. The number of nitrogens with one attached hydrogen (secondary N) is 1. The van der Waals surface area contributed by atoms with Gasteiger partial charge in [0, 0.05) is 38.8 Å². The van der Waals surface area contributed by atoms with Crippen LogP contribution < -0.4 is 10.1 Å². The van der Waals surface area contributed by atoms with E-state index in [2.05, 4.69) is 5.32 Å². The molecule has 1 aliphatic heterocycles. The van der Waals surface area contributed by atoms with Gasteiger partial charge in [0.25, 0.3) is 5.91 Å². The monoisotopic (exact) mass is 447 g/mol. The van der Waals surface area contributed by atoms with Crippen LogP contribution in [0.25, 0.3) is 0 Å². The lowest BCUT2D eigenvalue weighted by Gasteiger charge is -2.35. The molecule has 0 spiro atoms. The number of piperazine rings is 1. The molecule has 3 rings (SSSR count). The van der Waals surface area contributed by atoms with Crippen molar-refractivity contribution in [2.24, 2.45) is 0 Å². The molecule has 1 atom stereocenters. The number of benzene rings is 2. The smallest absolute Gasteiger partial charge is 0.263 e. The molecule has 31 heavy (non-hydrogen) atoms. The minimum absolute atomic E-state index is 0.105. The van der Waals surface area contributed by atoms with Crippen molar-refractivity contribution in [1.29, 1.82) is 0 Å². The second-order valence-corrected chi connectivity index (χ2v) is 9.13. The molecule has 2 amide bonds. The number of sulfonamides is 1. The van der Waals surface area contributed by atoms with Gasteiger partial charge in [0.15, 0.2) is 6.10 Å². The third-order valence-corrected chi connectivity index (χ3v) is 6.77. The highest BCUT2D eigenvalue weighted by Gasteiger charge is 2.32. The summed E-state index contributed by atoms with van der Waals surface area (Å²) in [6.07, 6.45) is -0.742. The van der Waals surface area contributed by atoms with Crippen LogP contribution in [-0.4, -0.2) is 66.8 Å². The van der Waals surface area contributed by atoms with Crippen molar-refractivity contribution in [3.8, 4) is 11.5 Å². The Morgan fingerprint density at radius 1 is 1.00 bits per heavy atom. The molecule has 2 aromatic rings. The quantitative estimate of drug-likeness (QED) is 0.696. The molecule has 9 nitrogen and oxygen atoms in total. The van der Waals surface area contributed by atoms with Crippen molar-refractivity contribution < 1.29 is 27.9 Å². The van der Waals surface area contributed by atoms with Crippen LogP contribution in [0.5, 0.6) is 11.5 Å². The lowest BCUT2D eigenvalue weighted by atomic mass is 10.2. The van der Waals surface area contributed by atoms with Gasteiger partial charge in [-0.3, -0.25) is 9.59 Å². The fraction of sp³-hybridized carbons (Fsp3) is 0.333. The summed E-state index contributed by atoms with van der Waals surface area (Å²) in [5.74, 6) is 0.0980. The molecule has 0 radical (unpaired) electrons. The van der Waals surface area contributed by atoms with Crippen molar-refractivity contribution >= 4 is 27.5 Å². The van der Waals surface area contributed by atoms with Gasteiger partial charge in [-0.1, -0.05) is 0 Å². The third-order valence-electron chi connectivity index (χ3n) is 4.86. The molecule has 1 heterocycles. The summed E-state index contributed by atoms with van der Waals surface area (Å²) in [6.45, 7) is 3.87. The molecule has 2 N–H and O–H groups in total. The number of aromatic hydroxyl groups is 1. The van der Waals surface area contributed by atoms with Crippen LogP contribution in [0.3, 0.4) is 0 Å². The maximum Gasteiger partial charge on any atom is 0.263 e. The van der Waals surface area contributed by atoms with E-state index in [-0.39, 0.29) is 48.6 Å².